The lowest BCUT2D eigenvalue weighted by molar-refractivity contribution is -0.140. The third-order valence-corrected chi connectivity index (χ3v) is 3.12. The normalized spacial score (nSPS) is 12.8. The third-order valence-electron chi connectivity index (χ3n) is 1.75. The van der Waals surface area contributed by atoms with E-state index in [4.69, 9.17) is 10.2 Å². The minimum Gasteiger partial charge on any atom is -0.480 e. The van der Waals surface area contributed by atoms with Crippen LogP contribution in [0.3, 0.4) is 0 Å². The van der Waals surface area contributed by atoms with Crippen LogP contribution in [0.1, 0.15) is 0 Å². The van der Waals surface area contributed by atoms with Gasteiger partial charge in [-0.05, 0) is 7.05 Å². The van der Waals surface area contributed by atoms with E-state index >= 15 is 0 Å². The maximum absolute atomic E-state index is 11.1. The zero-order valence-corrected chi connectivity index (χ0v) is 9.95. The summed E-state index contributed by atoms with van der Waals surface area (Å²) < 4.78 is 24.0. The lowest BCUT2D eigenvalue weighted by atomic mass is 10.3. The fourth-order valence-electron chi connectivity index (χ4n) is 0.796. The standard InChI is InChI=1S/C7H15N3O6S/c1-8-17(15,16)3-2-9-7(14)10-5(4-11)6(12)13/h5,8,11H,2-4H2,1H3,(H,12,13)(H2,9,10,14)/t5-/m0/s1. The van der Waals surface area contributed by atoms with Gasteiger partial charge in [-0.3, -0.25) is 0 Å². The highest BCUT2D eigenvalue weighted by molar-refractivity contribution is 7.89. The van der Waals surface area contributed by atoms with Gasteiger partial charge < -0.3 is 20.8 Å². The molecule has 0 aromatic heterocycles. The van der Waals surface area contributed by atoms with E-state index in [0.29, 0.717) is 0 Å². The predicted molar refractivity (Wildman–Crippen MR) is 57.9 cm³/mol. The van der Waals surface area contributed by atoms with Crippen LogP contribution in [0, 0.1) is 0 Å². The lowest BCUT2D eigenvalue weighted by Crippen LogP contribution is -2.48. The second-order valence-electron chi connectivity index (χ2n) is 3.00. The Hall–Kier alpha value is -1.39. The minimum atomic E-state index is -3.42. The molecule has 0 fully saturated rings. The number of carbonyl (C=O) groups is 2. The molecule has 0 saturated heterocycles. The van der Waals surface area contributed by atoms with Crippen molar-refractivity contribution in [1.82, 2.24) is 15.4 Å². The molecule has 1 atom stereocenters. The summed E-state index contributed by atoms with van der Waals surface area (Å²) in [6.07, 6.45) is 0. The van der Waals surface area contributed by atoms with Gasteiger partial charge in [-0.15, -0.1) is 0 Å². The maximum Gasteiger partial charge on any atom is 0.328 e. The summed E-state index contributed by atoms with van der Waals surface area (Å²) in [5.41, 5.74) is 0. The number of rotatable bonds is 7. The van der Waals surface area contributed by atoms with Crippen LogP contribution in [0.2, 0.25) is 0 Å². The quantitative estimate of drug-likeness (QED) is 0.339. The Balaban J connectivity index is 4.00. The number of aliphatic hydroxyl groups is 1. The molecule has 0 bridgehead atoms. The molecule has 17 heavy (non-hydrogen) atoms. The Bertz CT molecular complexity index is 368. The molecule has 0 saturated carbocycles. The molecule has 0 spiro atoms. The Labute approximate surface area is 98.3 Å². The highest BCUT2D eigenvalue weighted by Gasteiger charge is 2.18. The fraction of sp³-hybridized carbons (Fsp3) is 0.714. The first-order valence-corrected chi connectivity index (χ1v) is 6.27. The van der Waals surface area contributed by atoms with Crippen molar-refractivity contribution in [2.24, 2.45) is 0 Å². The second kappa shape index (κ2) is 7.04. The van der Waals surface area contributed by atoms with E-state index in [0.717, 1.165) is 0 Å². The van der Waals surface area contributed by atoms with Crippen LogP contribution in [0.15, 0.2) is 0 Å². The first-order valence-electron chi connectivity index (χ1n) is 4.61. The number of carboxylic acid groups (broad SMARTS) is 1. The molecule has 9 nitrogen and oxygen atoms in total. The Morgan fingerprint density at radius 2 is 1.94 bits per heavy atom. The van der Waals surface area contributed by atoms with Gasteiger partial charge in [-0.2, -0.15) is 0 Å². The van der Waals surface area contributed by atoms with Gasteiger partial charge in [-0.1, -0.05) is 0 Å². The van der Waals surface area contributed by atoms with E-state index in [-0.39, 0.29) is 12.3 Å². The maximum atomic E-state index is 11.1. The summed E-state index contributed by atoms with van der Waals surface area (Å²) >= 11 is 0. The lowest BCUT2D eigenvalue weighted by Gasteiger charge is -2.12. The molecule has 2 amide bonds. The van der Waals surface area contributed by atoms with Crippen molar-refractivity contribution in [2.45, 2.75) is 6.04 Å². The first-order chi connectivity index (χ1) is 7.82. The topological polar surface area (TPSA) is 145 Å². The molecule has 100 valence electrons. The summed E-state index contributed by atoms with van der Waals surface area (Å²) in [5.74, 6) is -1.71. The van der Waals surface area contributed by atoms with Gasteiger partial charge in [0.2, 0.25) is 10.0 Å². The van der Waals surface area contributed by atoms with Gasteiger partial charge >= 0.3 is 12.0 Å². The van der Waals surface area contributed by atoms with Gasteiger partial charge in [0.1, 0.15) is 0 Å². The van der Waals surface area contributed by atoms with Crippen LogP contribution in [0.4, 0.5) is 4.79 Å². The molecule has 5 N–H and O–H groups in total. The third kappa shape index (κ3) is 6.71. The van der Waals surface area contributed by atoms with Crippen LogP contribution >= 0.6 is 0 Å². The number of hydrogen-bond donors (Lipinski definition) is 5. The van der Waals surface area contributed by atoms with E-state index in [1.165, 1.54) is 7.05 Å². The molecular formula is C7H15N3O6S. The highest BCUT2D eigenvalue weighted by Crippen LogP contribution is 1.83. The van der Waals surface area contributed by atoms with Crippen LogP contribution < -0.4 is 15.4 Å². The van der Waals surface area contributed by atoms with E-state index in [1.54, 1.807) is 0 Å². The molecule has 0 aliphatic carbocycles. The summed E-state index contributed by atoms with van der Waals surface area (Å²) in [7, 11) is -2.19. The van der Waals surface area contributed by atoms with Gasteiger partial charge in [0, 0.05) is 6.54 Å². The van der Waals surface area contributed by atoms with Gasteiger partial charge in [0.05, 0.1) is 12.4 Å². The van der Waals surface area contributed by atoms with E-state index < -0.39 is 34.7 Å². The van der Waals surface area contributed by atoms with Gasteiger partial charge in [0.25, 0.3) is 0 Å². The number of hydrogen-bond acceptors (Lipinski definition) is 5. The van der Waals surface area contributed by atoms with Crippen molar-refractivity contribution in [1.29, 1.82) is 0 Å². The second-order valence-corrected chi connectivity index (χ2v) is 5.04. The van der Waals surface area contributed by atoms with Crippen molar-refractivity contribution >= 4 is 22.0 Å². The zero-order valence-electron chi connectivity index (χ0n) is 9.13. The number of sulfonamides is 1. The first kappa shape index (κ1) is 15.6. The van der Waals surface area contributed by atoms with E-state index in [2.05, 4.69) is 10.0 Å². The van der Waals surface area contributed by atoms with Crippen molar-refractivity contribution in [3.63, 3.8) is 0 Å². The van der Waals surface area contributed by atoms with Crippen molar-refractivity contribution in [2.75, 3.05) is 26.0 Å². The smallest absolute Gasteiger partial charge is 0.328 e. The number of aliphatic hydroxyl groups excluding tert-OH is 1. The number of aliphatic carboxylic acids is 1. The van der Waals surface area contributed by atoms with Crippen LogP contribution in [-0.4, -0.2) is 62.6 Å². The Kier molecular flexibility index (Phi) is 6.46. The molecule has 0 aromatic rings. The monoisotopic (exact) mass is 269 g/mol. The van der Waals surface area contributed by atoms with E-state index in [1.807, 2.05) is 5.32 Å². The summed E-state index contributed by atoms with van der Waals surface area (Å²) in [6.45, 7) is -0.926. The number of urea groups is 1. The molecule has 0 unspecified atom stereocenters. The van der Waals surface area contributed by atoms with Crippen LogP contribution in [-0.2, 0) is 14.8 Å². The number of carbonyl (C=O) groups excluding carboxylic acids is 1. The minimum absolute atomic E-state index is 0.174. The summed E-state index contributed by atoms with van der Waals surface area (Å²) in [6, 6.07) is -2.28. The average molecular weight is 269 g/mol. The molecular weight excluding hydrogens is 254 g/mol. The SMILES string of the molecule is CNS(=O)(=O)CCNC(=O)N[C@@H](CO)C(=O)O. The van der Waals surface area contributed by atoms with Crippen LogP contribution in [0.5, 0.6) is 0 Å². The van der Waals surface area contributed by atoms with Crippen molar-refractivity contribution in [3.8, 4) is 0 Å². The van der Waals surface area contributed by atoms with Crippen molar-refractivity contribution in [3.05, 3.63) is 0 Å². The number of nitrogens with one attached hydrogen (secondary N) is 3. The van der Waals surface area contributed by atoms with E-state index in [9.17, 15) is 18.0 Å². The summed E-state index contributed by atoms with van der Waals surface area (Å²) in [4.78, 5) is 21.5. The summed E-state index contributed by atoms with van der Waals surface area (Å²) in [5, 5.41) is 21.2. The largest absolute Gasteiger partial charge is 0.480 e. The van der Waals surface area contributed by atoms with Crippen LogP contribution in [0.25, 0.3) is 0 Å². The molecule has 10 heteroatoms. The fourth-order valence-corrected chi connectivity index (χ4v) is 1.37. The van der Waals surface area contributed by atoms with Gasteiger partial charge in [-0.25, -0.2) is 22.7 Å². The molecule has 0 aromatic carbocycles. The number of carboxylic acids is 1. The van der Waals surface area contributed by atoms with Crippen molar-refractivity contribution < 1.29 is 28.2 Å². The highest BCUT2D eigenvalue weighted by atomic mass is 32.2. The Morgan fingerprint density at radius 3 is 2.35 bits per heavy atom. The average Bonchev–Trinajstić information content (AvgIpc) is 2.25. The Morgan fingerprint density at radius 1 is 1.35 bits per heavy atom. The molecule has 0 heterocycles. The molecule has 0 aliphatic heterocycles. The molecule has 0 radical (unpaired) electrons. The molecule has 0 rings (SSSR count). The predicted octanol–water partition coefficient (Wildman–Crippen LogP) is -2.72. The zero-order chi connectivity index (χ0) is 13.5. The molecule has 0 aliphatic rings. The number of amides is 2. The van der Waals surface area contributed by atoms with Gasteiger partial charge in [0.15, 0.2) is 6.04 Å².